The fraction of sp³-hybridized carbons (Fsp3) is 0.474. The summed E-state index contributed by atoms with van der Waals surface area (Å²) in [5.41, 5.74) is 0.767. The van der Waals surface area contributed by atoms with Crippen molar-refractivity contribution in [2.45, 2.75) is 32.9 Å². The highest BCUT2D eigenvalue weighted by atomic mass is 16.6. The van der Waals surface area contributed by atoms with Crippen molar-refractivity contribution < 1.29 is 33.8 Å². The van der Waals surface area contributed by atoms with Crippen LogP contribution in [0.15, 0.2) is 30.3 Å². The maximum Gasteiger partial charge on any atom is 0.410 e. The molecule has 1 aromatic carbocycles. The molecule has 1 aliphatic rings. The van der Waals surface area contributed by atoms with Gasteiger partial charge in [-0.1, -0.05) is 30.3 Å². The van der Waals surface area contributed by atoms with Crippen LogP contribution < -0.4 is 0 Å². The molecule has 27 heavy (non-hydrogen) atoms. The van der Waals surface area contributed by atoms with Gasteiger partial charge in [0.1, 0.15) is 18.4 Å². The molecule has 8 nitrogen and oxygen atoms in total. The quantitative estimate of drug-likeness (QED) is 0.722. The summed E-state index contributed by atoms with van der Waals surface area (Å²) >= 11 is 0. The van der Waals surface area contributed by atoms with E-state index in [0.29, 0.717) is 0 Å². The summed E-state index contributed by atoms with van der Waals surface area (Å²) in [6.45, 7) is 2.93. The van der Waals surface area contributed by atoms with Gasteiger partial charge in [-0.15, -0.1) is 0 Å². The first kappa shape index (κ1) is 20.4. The first-order valence-corrected chi connectivity index (χ1v) is 8.71. The smallest absolute Gasteiger partial charge is 0.410 e. The zero-order valence-electron chi connectivity index (χ0n) is 15.3. The van der Waals surface area contributed by atoms with Crippen LogP contribution in [0, 0.1) is 11.8 Å². The molecule has 1 fully saturated rings. The fourth-order valence-electron chi connectivity index (χ4n) is 3.32. The number of amides is 1. The van der Waals surface area contributed by atoms with E-state index in [0.717, 1.165) is 10.5 Å². The van der Waals surface area contributed by atoms with Gasteiger partial charge < -0.3 is 14.6 Å². The monoisotopic (exact) mass is 377 g/mol. The lowest BCUT2D eigenvalue weighted by molar-refractivity contribution is -0.150. The van der Waals surface area contributed by atoms with E-state index < -0.39 is 42.3 Å². The van der Waals surface area contributed by atoms with Crippen molar-refractivity contribution in [2.24, 2.45) is 11.8 Å². The number of hydrogen-bond acceptors (Lipinski definition) is 6. The molecular formula is C19H23NO7. The van der Waals surface area contributed by atoms with E-state index in [1.807, 2.05) is 6.07 Å². The molecule has 2 rings (SSSR count). The summed E-state index contributed by atoms with van der Waals surface area (Å²) < 4.78 is 10.3. The number of ketones is 1. The standard InChI is InChI=1S/C19H23NO7/c1-3-26-18(24)17-14(9-16(22)23)15(12(2)21)10-20(17)19(25)27-11-13-7-5-4-6-8-13/h4-8,14-15,17H,3,9-11H2,1-2H3,(H,22,23)/t14-,15+,17-/m0/s1. The lowest BCUT2D eigenvalue weighted by Gasteiger charge is -2.25. The molecule has 8 heteroatoms. The number of carboxylic acid groups (broad SMARTS) is 1. The minimum atomic E-state index is -1.17. The Labute approximate surface area is 157 Å². The van der Waals surface area contributed by atoms with Gasteiger partial charge in [0.25, 0.3) is 0 Å². The summed E-state index contributed by atoms with van der Waals surface area (Å²) in [6, 6.07) is 7.83. The molecular weight excluding hydrogens is 354 g/mol. The van der Waals surface area contributed by atoms with E-state index in [1.54, 1.807) is 31.2 Å². The average Bonchev–Trinajstić information content (AvgIpc) is 2.99. The van der Waals surface area contributed by atoms with Gasteiger partial charge >= 0.3 is 18.0 Å². The second-order valence-corrected chi connectivity index (χ2v) is 6.37. The maximum atomic E-state index is 12.6. The maximum absolute atomic E-state index is 12.6. The third-order valence-electron chi connectivity index (χ3n) is 4.55. The summed E-state index contributed by atoms with van der Waals surface area (Å²) in [7, 11) is 0. The zero-order chi connectivity index (χ0) is 20.0. The Morgan fingerprint density at radius 3 is 2.37 bits per heavy atom. The Kier molecular flexibility index (Phi) is 6.92. The molecule has 1 aromatic rings. The molecule has 0 radical (unpaired) electrons. The van der Waals surface area contributed by atoms with Crippen molar-refractivity contribution in [1.29, 1.82) is 0 Å². The summed E-state index contributed by atoms with van der Waals surface area (Å²) in [5, 5.41) is 9.18. The Bertz CT molecular complexity index is 703. The molecule has 3 atom stereocenters. The lowest BCUT2D eigenvalue weighted by Crippen LogP contribution is -2.45. The molecule has 146 valence electrons. The Morgan fingerprint density at radius 1 is 1.15 bits per heavy atom. The summed E-state index contributed by atoms with van der Waals surface area (Å²) in [5.74, 6) is -3.79. The molecule has 0 bridgehead atoms. The number of hydrogen-bond donors (Lipinski definition) is 1. The minimum Gasteiger partial charge on any atom is -0.481 e. The van der Waals surface area contributed by atoms with Crippen LogP contribution in [-0.4, -0.2) is 53.0 Å². The van der Waals surface area contributed by atoms with Crippen LogP contribution in [0.2, 0.25) is 0 Å². The number of ether oxygens (including phenoxy) is 2. The summed E-state index contributed by atoms with van der Waals surface area (Å²) in [4.78, 5) is 49.3. The van der Waals surface area contributed by atoms with Gasteiger partial charge in [-0.25, -0.2) is 9.59 Å². The van der Waals surface area contributed by atoms with Gasteiger partial charge in [0.15, 0.2) is 0 Å². The highest BCUT2D eigenvalue weighted by Crippen LogP contribution is 2.34. The molecule has 1 amide bonds. The number of carboxylic acids is 1. The van der Waals surface area contributed by atoms with Gasteiger partial charge in [-0.05, 0) is 19.4 Å². The Balaban J connectivity index is 2.22. The Hall–Kier alpha value is -2.90. The van der Waals surface area contributed by atoms with Crippen LogP contribution in [0.1, 0.15) is 25.8 Å². The van der Waals surface area contributed by atoms with Gasteiger partial charge in [0.05, 0.1) is 13.0 Å². The van der Waals surface area contributed by atoms with Crippen molar-refractivity contribution >= 4 is 23.8 Å². The second-order valence-electron chi connectivity index (χ2n) is 6.37. The second kappa shape index (κ2) is 9.16. The van der Waals surface area contributed by atoms with Crippen molar-refractivity contribution in [1.82, 2.24) is 4.90 Å². The molecule has 0 saturated carbocycles. The first-order valence-electron chi connectivity index (χ1n) is 8.71. The van der Waals surface area contributed by atoms with E-state index in [4.69, 9.17) is 9.47 Å². The lowest BCUT2D eigenvalue weighted by atomic mass is 9.85. The Morgan fingerprint density at radius 2 is 1.81 bits per heavy atom. The van der Waals surface area contributed by atoms with Crippen LogP contribution in [0.3, 0.4) is 0 Å². The van der Waals surface area contributed by atoms with Gasteiger partial charge in [-0.2, -0.15) is 0 Å². The number of carbonyl (C=O) groups excluding carboxylic acids is 3. The SMILES string of the molecule is CCOC(=O)[C@@H]1[C@@H](CC(=O)O)[C@@H](C(C)=O)CN1C(=O)OCc1ccccc1. The number of likely N-dealkylation sites (tertiary alicyclic amines) is 1. The molecule has 0 aromatic heterocycles. The van der Waals surface area contributed by atoms with Gasteiger partial charge in [0.2, 0.25) is 0 Å². The molecule has 0 spiro atoms. The summed E-state index contributed by atoms with van der Waals surface area (Å²) in [6.07, 6.45) is -1.20. The van der Waals surface area contributed by atoms with E-state index in [9.17, 15) is 24.3 Å². The number of benzene rings is 1. The van der Waals surface area contributed by atoms with Crippen molar-refractivity contribution in [3.05, 3.63) is 35.9 Å². The third-order valence-corrected chi connectivity index (χ3v) is 4.55. The largest absolute Gasteiger partial charge is 0.481 e. The van der Waals surface area contributed by atoms with Crippen LogP contribution in [0.5, 0.6) is 0 Å². The number of Topliss-reactive ketones (excluding diaryl/α,β-unsaturated/α-hetero) is 1. The zero-order valence-corrected chi connectivity index (χ0v) is 15.3. The van der Waals surface area contributed by atoms with E-state index in [1.165, 1.54) is 6.92 Å². The highest BCUT2D eigenvalue weighted by Gasteiger charge is 2.51. The molecule has 0 aliphatic carbocycles. The highest BCUT2D eigenvalue weighted by molar-refractivity contribution is 5.88. The number of esters is 1. The van der Waals surface area contributed by atoms with Crippen LogP contribution in [0.4, 0.5) is 4.79 Å². The molecule has 1 heterocycles. The normalized spacial score (nSPS) is 21.6. The van der Waals surface area contributed by atoms with Gasteiger partial charge in [0, 0.05) is 18.4 Å². The number of aliphatic carboxylic acids is 1. The minimum absolute atomic E-state index is 0.0000536. The van der Waals surface area contributed by atoms with E-state index in [2.05, 4.69) is 0 Å². The van der Waals surface area contributed by atoms with Crippen molar-refractivity contribution in [2.75, 3.05) is 13.2 Å². The predicted octanol–water partition coefficient (Wildman–Crippen LogP) is 1.87. The van der Waals surface area contributed by atoms with Crippen LogP contribution >= 0.6 is 0 Å². The average molecular weight is 377 g/mol. The van der Waals surface area contributed by atoms with Crippen molar-refractivity contribution in [3.8, 4) is 0 Å². The molecule has 0 unspecified atom stereocenters. The first-order chi connectivity index (χ1) is 12.8. The number of carbonyl (C=O) groups is 4. The molecule has 1 saturated heterocycles. The fourth-order valence-corrected chi connectivity index (χ4v) is 3.32. The van der Waals surface area contributed by atoms with E-state index in [-0.39, 0.29) is 25.5 Å². The predicted molar refractivity (Wildman–Crippen MR) is 93.7 cm³/mol. The number of nitrogens with zero attached hydrogens (tertiary/aromatic N) is 1. The van der Waals surface area contributed by atoms with Crippen LogP contribution in [0.25, 0.3) is 0 Å². The van der Waals surface area contributed by atoms with Gasteiger partial charge in [-0.3, -0.25) is 14.5 Å². The topological polar surface area (TPSA) is 110 Å². The number of rotatable bonds is 7. The van der Waals surface area contributed by atoms with Crippen LogP contribution in [-0.2, 0) is 30.5 Å². The van der Waals surface area contributed by atoms with Crippen molar-refractivity contribution in [3.63, 3.8) is 0 Å². The van der Waals surface area contributed by atoms with E-state index >= 15 is 0 Å². The molecule has 1 N–H and O–H groups in total. The molecule has 1 aliphatic heterocycles. The third kappa shape index (κ3) is 5.06.